The number of rotatable bonds is 8. The van der Waals surface area contributed by atoms with E-state index in [2.05, 4.69) is 20.6 Å². The third kappa shape index (κ3) is 7.03. The van der Waals surface area contributed by atoms with Gasteiger partial charge in [0.05, 0.1) is 23.7 Å². The van der Waals surface area contributed by atoms with Gasteiger partial charge in [0, 0.05) is 49.1 Å². The van der Waals surface area contributed by atoms with Crippen LogP contribution in [-0.4, -0.2) is 56.4 Å². The Kier molecular flexibility index (Phi) is 8.47. The fourth-order valence-corrected chi connectivity index (χ4v) is 4.64. The van der Waals surface area contributed by atoms with Crippen LogP contribution in [-0.2, 0) is 10.0 Å². The molecule has 188 valence electrons. The smallest absolute Gasteiger partial charge is 0.211 e. The van der Waals surface area contributed by atoms with E-state index in [1.54, 1.807) is 12.3 Å². The molecule has 0 bridgehead atoms. The van der Waals surface area contributed by atoms with Gasteiger partial charge in [-0.1, -0.05) is 13.8 Å². The van der Waals surface area contributed by atoms with E-state index in [4.69, 9.17) is 16.9 Å². The predicted molar refractivity (Wildman–Crippen MR) is 142 cm³/mol. The molecule has 3 heterocycles. The van der Waals surface area contributed by atoms with Gasteiger partial charge in [-0.2, -0.15) is 0 Å². The number of sulfonamides is 1. The van der Waals surface area contributed by atoms with Crippen LogP contribution >= 0.6 is 0 Å². The summed E-state index contributed by atoms with van der Waals surface area (Å²) in [5.74, 6) is 1.06. The average molecular weight is 499 g/mol. The minimum Gasteiger partial charge on any atom is -0.404 e. The third-order valence-corrected chi connectivity index (χ3v) is 7.17. The van der Waals surface area contributed by atoms with Crippen molar-refractivity contribution in [1.82, 2.24) is 14.9 Å². The van der Waals surface area contributed by atoms with E-state index in [1.807, 2.05) is 38.3 Å². The first kappa shape index (κ1) is 26.2. The minimum atomic E-state index is -3.16. The van der Waals surface area contributed by atoms with Crippen molar-refractivity contribution >= 4 is 28.3 Å². The molecule has 0 spiro atoms. The highest BCUT2D eigenvalue weighted by Gasteiger charge is 2.24. The summed E-state index contributed by atoms with van der Waals surface area (Å²) in [5.41, 5.74) is 16.0. The van der Waals surface area contributed by atoms with Gasteiger partial charge < -0.3 is 27.5 Å². The van der Waals surface area contributed by atoms with Crippen LogP contribution in [0.25, 0.3) is 0 Å². The number of aliphatic imine (C=N–C) groups is 2. The summed E-state index contributed by atoms with van der Waals surface area (Å²) in [6.45, 7) is 4.94. The van der Waals surface area contributed by atoms with Crippen LogP contribution in [0.3, 0.4) is 0 Å². The Labute approximate surface area is 207 Å². The summed E-state index contributed by atoms with van der Waals surface area (Å²) in [5, 5.41) is 14.0. The maximum absolute atomic E-state index is 11.7. The Hall–Kier alpha value is -3.44. The minimum absolute atomic E-state index is 0.0487. The number of dihydropyridines is 2. The van der Waals surface area contributed by atoms with Crippen LogP contribution in [0, 0.1) is 11.3 Å². The lowest BCUT2D eigenvalue weighted by Crippen LogP contribution is -2.39. The first-order valence-corrected chi connectivity index (χ1v) is 13.3. The molecule has 0 saturated carbocycles. The van der Waals surface area contributed by atoms with Crippen LogP contribution in [0.15, 0.2) is 80.6 Å². The molecule has 1 fully saturated rings. The van der Waals surface area contributed by atoms with Gasteiger partial charge in [0.25, 0.3) is 0 Å². The van der Waals surface area contributed by atoms with E-state index in [-0.39, 0.29) is 12.0 Å². The predicted octanol–water partition coefficient (Wildman–Crippen LogP) is 1.61. The Morgan fingerprint density at radius 3 is 2.57 bits per heavy atom. The van der Waals surface area contributed by atoms with E-state index >= 15 is 0 Å². The summed E-state index contributed by atoms with van der Waals surface area (Å²) in [6, 6.07) is 0.0487. The first-order valence-electron chi connectivity index (χ1n) is 11.4. The maximum atomic E-state index is 11.7. The number of fused-ring (bicyclic) bond motifs is 1. The van der Waals surface area contributed by atoms with Crippen molar-refractivity contribution in [2.45, 2.75) is 32.7 Å². The normalized spacial score (nSPS) is 21.0. The lowest BCUT2D eigenvalue weighted by molar-refractivity contribution is 0.323. The van der Waals surface area contributed by atoms with Crippen LogP contribution < -0.4 is 22.1 Å². The van der Waals surface area contributed by atoms with E-state index in [1.165, 1.54) is 23.0 Å². The molecule has 3 aliphatic rings. The molecule has 3 aliphatic heterocycles. The Balaban J connectivity index is 1.68. The van der Waals surface area contributed by atoms with E-state index in [0.717, 1.165) is 28.1 Å². The van der Waals surface area contributed by atoms with E-state index in [0.29, 0.717) is 37.6 Å². The zero-order valence-corrected chi connectivity index (χ0v) is 21.1. The molecular weight excluding hydrogens is 464 g/mol. The molecule has 3 rings (SSSR count). The van der Waals surface area contributed by atoms with Gasteiger partial charge >= 0.3 is 0 Å². The van der Waals surface area contributed by atoms with Gasteiger partial charge in [0.15, 0.2) is 0 Å². The third-order valence-electron chi connectivity index (χ3n) is 5.87. The molecule has 0 aliphatic carbocycles. The second-order valence-electron chi connectivity index (χ2n) is 8.83. The molecular formula is C24H34N8O2S. The lowest BCUT2D eigenvalue weighted by atomic mass is 10.0. The Morgan fingerprint density at radius 1 is 1.26 bits per heavy atom. The Bertz CT molecular complexity index is 1190. The molecule has 0 radical (unpaired) electrons. The summed E-state index contributed by atoms with van der Waals surface area (Å²) >= 11 is 0. The van der Waals surface area contributed by atoms with Gasteiger partial charge in [-0.15, -0.1) is 0 Å². The van der Waals surface area contributed by atoms with Gasteiger partial charge in [0.1, 0.15) is 11.7 Å². The zero-order valence-electron chi connectivity index (χ0n) is 20.3. The fraction of sp³-hybridized carbons (Fsp3) is 0.375. The number of allylic oxidation sites excluding steroid dienone is 6. The molecule has 1 saturated heterocycles. The van der Waals surface area contributed by atoms with Gasteiger partial charge in [-0.25, -0.2) is 17.7 Å². The van der Waals surface area contributed by atoms with Crippen molar-refractivity contribution in [3.8, 4) is 0 Å². The monoisotopic (exact) mass is 498 g/mol. The summed E-state index contributed by atoms with van der Waals surface area (Å²) in [7, 11) is -3.16. The van der Waals surface area contributed by atoms with E-state index < -0.39 is 10.0 Å². The molecule has 0 unspecified atom stereocenters. The van der Waals surface area contributed by atoms with Crippen molar-refractivity contribution in [2.75, 3.05) is 19.3 Å². The highest BCUT2D eigenvalue weighted by atomic mass is 32.2. The van der Waals surface area contributed by atoms with Crippen molar-refractivity contribution in [3.63, 3.8) is 0 Å². The second kappa shape index (κ2) is 11.3. The molecule has 0 amide bonds. The highest BCUT2D eigenvalue weighted by molar-refractivity contribution is 7.88. The molecule has 10 nitrogen and oxygen atoms in total. The maximum Gasteiger partial charge on any atom is 0.211 e. The van der Waals surface area contributed by atoms with Gasteiger partial charge in [-0.05, 0) is 48.6 Å². The number of hydrogen-bond acceptors (Lipinski definition) is 8. The molecule has 7 N–H and O–H groups in total. The van der Waals surface area contributed by atoms with Crippen molar-refractivity contribution in [2.24, 2.45) is 27.4 Å². The summed E-state index contributed by atoms with van der Waals surface area (Å²) in [6.07, 6.45) is 16.3. The molecule has 0 aromatic rings. The largest absolute Gasteiger partial charge is 0.404 e. The number of nitrogens with zero attached hydrogens (tertiary/aromatic N) is 3. The Morgan fingerprint density at radius 2 is 1.97 bits per heavy atom. The van der Waals surface area contributed by atoms with Crippen molar-refractivity contribution in [3.05, 3.63) is 70.6 Å². The standard InChI is InChI=1S/C24H34N8O2S/c1-16(2)17(12-25)11-23(27)31-24-5-4-21-22(30-24)10-18(14-29-21)19(13-26)15-28-20-6-8-32(9-7-20)35(3,33)34/h4-5,10-16,20,25,29-30H,6-9,26H2,1-3H3,(H2,27,31). The van der Waals surface area contributed by atoms with Gasteiger partial charge in [0.2, 0.25) is 10.0 Å². The molecule has 0 aromatic carbocycles. The first-order chi connectivity index (χ1) is 16.6. The lowest BCUT2D eigenvalue weighted by Gasteiger charge is -2.28. The number of nitrogens with two attached hydrogens (primary N) is 2. The van der Waals surface area contributed by atoms with Crippen molar-refractivity contribution in [1.29, 1.82) is 5.41 Å². The number of piperidine rings is 1. The zero-order chi connectivity index (χ0) is 25.6. The summed E-state index contributed by atoms with van der Waals surface area (Å²) in [4.78, 5) is 9.08. The fourth-order valence-electron chi connectivity index (χ4n) is 3.76. The van der Waals surface area contributed by atoms with Crippen molar-refractivity contribution < 1.29 is 8.42 Å². The second-order valence-corrected chi connectivity index (χ2v) is 10.8. The average Bonchev–Trinajstić information content (AvgIpc) is 2.82. The molecule has 0 atom stereocenters. The van der Waals surface area contributed by atoms with Crippen LogP contribution in [0.1, 0.15) is 26.7 Å². The molecule has 11 heteroatoms. The molecule has 0 aromatic heterocycles. The molecule has 35 heavy (non-hydrogen) atoms. The van der Waals surface area contributed by atoms with E-state index in [9.17, 15) is 8.42 Å². The number of hydrogen-bond donors (Lipinski definition) is 5. The highest BCUT2D eigenvalue weighted by Crippen LogP contribution is 2.23. The number of nitrogens with one attached hydrogen (secondary N) is 3. The van der Waals surface area contributed by atoms with Crippen LogP contribution in [0.4, 0.5) is 0 Å². The van der Waals surface area contributed by atoms with Gasteiger partial charge in [-0.3, -0.25) is 4.99 Å². The SMILES string of the molecule is CC(C)C(C=N)=CC(N)=NC1=CC=C2NC=C(C(C=NC3CCN(S(C)(=O)=O)CC3)=CN)C=C2N1. The topological polar surface area (TPSA) is 162 Å². The number of amidine groups is 1. The summed E-state index contributed by atoms with van der Waals surface area (Å²) < 4.78 is 24.9. The quantitative estimate of drug-likeness (QED) is 0.252. The van der Waals surface area contributed by atoms with Crippen LogP contribution in [0.5, 0.6) is 0 Å². The van der Waals surface area contributed by atoms with Crippen LogP contribution in [0.2, 0.25) is 0 Å².